The van der Waals surface area contributed by atoms with Crippen LogP contribution in [0.25, 0.3) is 0 Å². The highest BCUT2D eigenvalue weighted by molar-refractivity contribution is 7.99. The van der Waals surface area contributed by atoms with Gasteiger partial charge in [0.15, 0.2) is 0 Å². The van der Waals surface area contributed by atoms with E-state index in [2.05, 4.69) is 42.3 Å². The van der Waals surface area contributed by atoms with Gasteiger partial charge in [0.05, 0.1) is 7.11 Å². The fourth-order valence-corrected chi connectivity index (χ4v) is 2.89. The number of ether oxygens (including phenoxy) is 1. The van der Waals surface area contributed by atoms with E-state index in [1.807, 2.05) is 24.4 Å². The van der Waals surface area contributed by atoms with Crippen LogP contribution in [0.2, 0.25) is 0 Å². The third kappa shape index (κ3) is 4.76. The van der Waals surface area contributed by atoms with Gasteiger partial charge in [-0.1, -0.05) is 24.8 Å². The Morgan fingerprint density at radius 1 is 1.29 bits per heavy atom. The summed E-state index contributed by atoms with van der Waals surface area (Å²) in [6.07, 6.45) is 3.02. The molecule has 1 unspecified atom stereocenters. The summed E-state index contributed by atoms with van der Waals surface area (Å²) in [5.41, 5.74) is 1.27. The first-order chi connectivity index (χ1) is 10.2. The van der Waals surface area contributed by atoms with Gasteiger partial charge in [0, 0.05) is 17.1 Å². The third-order valence-electron chi connectivity index (χ3n) is 3.22. The maximum atomic E-state index is 5.26. The normalized spacial score (nSPS) is 12.1. The second-order valence-electron chi connectivity index (χ2n) is 4.88. The number of rotatable bonds is 7. The van der Waals surface area contributed by atoms with E-state index in [1.165, 1.54) is 5.56 Å². The van der Waals surface area contributed by atoms with E-state index >= 15 is 0 Å². The molecule has 1 aromatic carbocycles. The number of hydrogen-bond donors (Lipinski definition) is 1. The Morgan fingerprint density at radius 2 is 2.14 bits per heavy atom. The largest absolute Gasteiger partial charge is 0.497 e. The van der Waals surface area contributed by atoms with Gasteiger partial charge in [0.25, 0.3) is 0 Å². The van der Waals surface area contributed by atoms with E-state index in [4.69, 9.17) is 4.74 Å². The van der Waals surface area contributed by atoms with Crippen molar-refractivity contribution < 1.29 is 4.74 Å². The smallest absolute Gasteiger partial charge is 0.119 e. The van der Waals surface area contributed by atoms with Gasteiger partial charge in [-0.05, 0) is 55.8 Å². The second-order valence-corrected chi connectivity index (χ2v) is 5.98. The van der Waals surface area contributed by atoms with Crippen LogP contribution >= 0.6 is 11.8 Å². The Balaban J connectivity index is 2.09. The highest BCUT2D eigenvalue weighted by Gasteiger charge is 2.07. The summed E-state index contributed by atoms with van der Waals surface area (Å²) < 4.78 is 5.26. The Bertz CT molecular complexity index is 574. The molecule has 1 atom stereocenters. The Hall–Kier alpha value is -1.52. The number of pyridine rings is 1. The Kier molecular flexibility index (Phi) is 6.08. The van der Waals surface area contributed by atoms with Crippen LogP contribution in [0, 0.1) is 0 Å². The van der Waals surface area contributed by atoms with E-state index in [1.54, 1.807) is 18.9 Å². The zero-order valence-corrected chi connectivity index (χ0v) is 13.6. The van der Waals surface area contributed by atoms with Crippen molar-refractivity contribution in [2.24, 2.45) is 0 Å². The molecule has 21 heavy (non-hydrogen) atoms. The van der Waals surface area contributed by atoms with E-state index in [9.17, 15) is 0 Å². The lowest BCUT2D eigenvalue weighted by molar-refractivity contribution is 0.413. The monoisotopic (exact) mass is 302 g/mol. The standard InChI is InChI=1S/C17H22N2OS/c1-4-9-18-13(2)14-8-10-19-17(11-14)21-16-7-5-6-15(12-16)20-3/h5-8,10-13,18H,4,9H2,1-3H3. The number of benzene rings is 1. The van der Waals surface area contributed by atoms with Crippen molar-refractivity contribution >= 4 is 11.8 Å². The van der Waals surface area contributed by atoms with E-state index < -0.39 is 0 Å². The van der Waals surface area contributed by atoms with E-state index in [0.29, 0.717) is 6.04 Å². The summed E-state index contributed by atoms with van der Waals surface area (Å²) in [5, 5.41) is 4.51. The topological polar surface area (TPSA) is 34.2 Å². The lowest BCUT2D eigenvalue weighted by Gasteiger charge is -2.14. The van der Waals surface area contributed by atoms with Crippen LogP contribution < -0.4 is 10.1 Å². The lowest BCUT2D eigenvalue weighted by atomic mass is 10.1. The maximum Gasteiger partial charge on any atom is 0.119 e. The van der Waals surface area contributed by atoms with Crippen molar-refractivity contribution in [2.45, 2.75) is 36.2 Å². The van der Waals surface area contributed by atoms with E-state index in [-0.39, 0.29) is 0 Å². The Morgan fingerprint density at radius 3 is 2.90 bits per heavy atom. The first-order valence-corrected chi connectivity index (χ1v) is 8.06. The maximum absolute atomic E-state index is 5.26. The molecule has 2 aromatic rings. The van der Waals surface area contributed by atoms with Crippen LogP contribution in [0.15, 0.2) is 52.5 Å². The fourth-order valence-electron chi connectivity index (χ4n) is 2.01. The first kappa shape index (κ1) is 15.9. The highest BCUT2D eigenvalue weighted by Crippen LogP contribution is 2.29. The molecule has 0 aliphatic carbocycles. The molecule has 0 saturated heterocycles. The molecule has 112 valence electrons. The van der Waals surface area contributed by atoms with Gasteiger partial charge in [-0.15, -0.1) is 0 Å². The van der Waals surface area contributed by atoms with Crippen LogP contribution in [0.5, 0.6) is 5.75 Å². The molecule has 0 aliphatic heterocycles. The number of nitrogens with one attached hydrogen (secondary N) is 1. The summed E-state index contributed by atoms with van der Waals surface area (Å²) >= 11 is 1.65. The predicted molar refractivity (Wildman–Crippen MR) is 88.1 cm³/mol. The van der Waals surface area contributed by atoms with Crippen molar-refractivity contribution in [1.82, 2.24) is 10.3 Å². The van der Waals surface area contributed by atoms with Gasteiger partial charge in [-0.2, -0.15) is 0 Å². The minimum atomic E-state index is 0.345. The molecule has 1 heterocycles. The van der Waals surface area contributed by atoms with Gasteiger partial charge in [0.2, 0.25) is 0 Å². The zero-order valence-electron chi connectivity index (χ0n) is 12.8. The lowest BCUT2D eigenvalue weighted by Crippen LogP contribution is -2.19. The average molecular weight is 302 g/mol. The first-order valence-electron chi connectivity index (χ1n) is 7.24. The molecule has 0 saturated carbocycles. The SMILES string of the molecule is CCCNC(C)c1ccnc(Sc2cccc(OC)c2)c1. The van der Waals surface area contributed by atoms with Crippen molar-refractivity contribution in [3.05, 3.63) is 48.2 Å². The molecular formula is C17H22N2OS. The van der Waals surface area contributed by atoms with Gasteiger partial charge >= 0.3 is 0 Å². The number of hydrogen-bond acceptors (Lipinski definition) is 4. The van der Waals surface area contributed by atoms with Crippen LogP contribution in [0.4, 0.5) is 0 Å². The molecule has 1 N–H and O–H groups in total. The van der Waals surface area contributed by atoms with Gasteiger partial charge in [0.1, 0.15) is 10.8 Å². The molecule has 3 nitrogen and oxygen atoms in total. The van der Waals surface area contributed by atoms with Crippen LogP contribution in [0.3, 0.4) is 0 Å². The van der Waals surface area contributed by atoms with Crippen molar-refractivity contribution in [3.63, 3.8) is 0 Å². The van der Waals surface area contributed by atoms with Gasteiger partial charge in [-0.25, -0.2) is 4.98 Å². The highest BCUT2D eigenvalue weighted by atomic mass is 32.2. The van der Waals surface area contributed by atoms with Crippen molar-refractivity contribution in [3.8, 4) is 5.75 Å². The van der Waals surface area contributed by atoms with Crippen LogP contribution in [-0.2, 0) is 0 Å². The molecule has 0 radical (unpaired) electrons. The summed E-state index contributed by atoms with van der Waals surface area (Å²) in [7, 11) is 1.68. The molecule has 0 spiro atoms. The summed E-state index contributed by atoms with van der Waals surface area (Å²) in [6, 6.07) is 12.6. The minimum absolute atomic E-state index is 0.345. The second kappa shape index (κ2) is 8.05. The average Bonchev–Trinajstić information content (AvgIpc) is 2.53. The molecule has 2 rings (SSSR count). The summed E-state index contributed by atoms with van der Waals surface area (Å²) in [4.78, 5) is 5.58. The van der Waals surface area contributed by atoms with Gasteiger partial charge < -0.3 is 10.1 Å². The molecular weight excluding hydrogens is 280 g/mol. The third-order valence-corrected chi connectivity index (χ3v) is 4.15. The summed E-state index contributed by atoms with van der Waals surface area (Å²) in [6.45, 7) is 5.39. The zero-order chi connectivity index (χ0) is 15.1. The number of aromatic nitrogens is 1. The van der Waals surface area contributed by atoms with Crippen molar-refractivity contribution in [1.29, 1.82) is 0 Å². The Labute approximate surface area is 131 Å². The number of nitrogens with zero attached hydrogens (tertiary/aromatic N) is 1. The molecule has 0 fully saturated rings. The number of methoxy groups -OCH3 is 1. The molecule has 0 amide bonds. The van der Waals surface area contributed by atoms with Gasteiger partial charge in [-0.3, -0.25) is 0 Å². The van der Waals surface area contributed by atoms with Crippen LogP contribution in [-0.4, -0.2) is 18.6 Å². The van der Waals surface area contributed by atoms with Crippen LogP contribution in [0.1, 0.15) is 31.9 Å². The van der Waals surface area contributed by atoms with Crippen molar-refractivity contribution in [2.75, 3.05) is 13.7 Å². The van der Waals surface area contributed by atoms with E-state index in [0.717, 1.165) is 28.6 Å². The predicted octanol–water partition coefficient (Wildman–Crippen LogP) is 4.30. The minimum Gasteiger partial charge on any atom is -0.497 e. The molecule has 1 aromatic heterocycles. The quantitative estimate of drug-likeness (QED) is 0.827. The summed E-state index contributed by atoms with van der Waals surface area (Å²) in [5.74, 6) is 0.870. The fraction of sp³-hybridized carbons (Fsp3) is 0.353. The molecule has 0 aliphatic rings. The molecule has 4 heteroatoms. The molecule has 0 bridgehead atoms.